The van der Waals surface area contributed by atoms with E-state index in [0.29, 0.717) is 0 Å². The molecule has 2 aliphatic carbocycles. The Hall–Kier alpha value is -5.44. The Morgan fingerprint density at radius 2 is 1.04 bits per heavy atom. The Morgan fingerprint density at radius 3 is 1.84 bits per heavy atom. The number of rotatable bonds is 4. The van der Waals surface area contributed by atoms with Crippen molar-refractivity contribution in [3.05, 3.63) is 174 Å². The largest absolute Gasteiger partial charge is 0.310 e. The SMILES string of the molecule is CC1(C)c2ccccc2-c2ccc(N(c3ccc4c(c3)sc3ccc5c(c34)-c3ccccc3C5(C)C)c3ccccc3-c3ccccc3)cc21. The Kier molecular flexibility index (Phi) is 6.21. The summed E-state index contributed by atoms with van der Waals surface area (Å²) in [6, 6.07) is 56.5. The zero-order valence-electron chi connectivity index (χ0n) is 28.8. The quantitative estimate of drug-likeness (QED) is 0.182. The molecule has 1 nitrogen and oxygen atoms in total. The lowest BCUT2D eigenvalue weighted by Crippen LogP contribution is -2.16. The van der Waals surface area contributed by atoms with Gasteiger partial charge in [0.05, 0.1) is 5.69 Å². The second-order valence-electron chi connectivity index (χ2n) is 14.9. The number of thiophene rings is 1. The summed E-state index contributed by atoms with van der Waals surface area (Å²) >= 11 is 1.91. The molecule has 0 radical (unpaired) electrons. The van der Waals surface area contributed by atoms with Gasteiger partial charge in [-0.25, -0.2) is 0 Å². The zero-order chi connectivity index (χ0) is 33.8. The van der Waals surface area contributed by atoms with Crippen LogP contribution in [0.15, 0.2) is 152 Å². The molecule has 0 aliphatic heterocycles. The van der Waals surface area contributed by atoms with Crippen molar-refractivity contribution in [3.8, 4) is 33.4 Å². The second kappa shape index (κ2) is 10.5. The van der Waals surface area contributed by atoms with E-state index in [9.17, 15) is 0 Å². The van der Waals surface area contributed by atoms with Gasteiger partial charge < -0.3 is 4.90 Å². The van der Waals surface area contributed by atoms with Gasteiger partial charge in [-0.1, -0.05) is 143 Å². The molecule has 0 bridgehead atoms. The van der Waals surface area contributed by atoms with E-state index >= 15 is 0 Å². The summed E-state index contributed by atoms with van der Waals surface area (Å²) in [4.78, 5) is 2.48. The lowest BCUT2D eigenvalue weighted by Gasteiger charge is -2.30. The highest BCUT2D eigenvalue weighted by Gasteiger charge is 2.38. The van der Waals surface area contributed by atoms with Crippen molar-refractivity contribution in [2.24, 2.45) is 0 Å². The van der Waals surface area contributed by atoms with Crippen LogP contribution < -0.4 is 4.90 Å². The molecule has 10 rings (SSSR count). The molecule has 0 atom stereocenters. The maximum Gasteiger partial charge on any atom is 0.0540 e. The van der Waals surface area contributed by atoms with Crippen LogP contribution in [-0.2, 0) is 10.8 Å². The van der Waals surface area contributed by atoms with Crippen LogP contribution in [0, 0.1) is 0 Å². The molecule has 8 aromatic rings. The van der Waals surface area contributed by atoms with Gasteiger partial charge in [-0.2, -0.15) is 0 Å². The summed E-state index contributed by atoms with van der Waals surface area (Å²) in [7, 11) is 0. The molecule has 0 saturated heterocycles. The molecule has 0 saturated carbocycles. The Morgan fingerprint density at radius 1 is 0.440 bits per heavy atom. The van der Waals surface area contributed by atoms with Crippen LogP contribution in [0.2, 0.25) is 0 Å². The van der Waals surface area contributed by atoms with Gasteiger partial charge >= 0.3 is 0 Å². The first-order chi connectivity index (χ1) is 24.3. The number of benzene rings is 7. The Bertz CT molecular complexity index is 2660. The second-order valence-corrected chi connectivity index (χ2v) is 16.0. The van der Waals surface area contributed by atoms with Gasteiger partial charge in [0, 0.05) is 47.9 Å². The molecule has 50 heavy (non-hydrogen) atoms. The van der Waals surface area contributed by atoms with Crippen molar-refractivity contribution in [2.75, 3.05) is 4.90 Å². The average molecular weight is 660 g/mol. The summed E-state index contributed by atoms with van der Waals surface area (Å²) < 4.78 is 2.65. The van der Waals surface area contributed by atoms with E-state index in [2.05, 4.69) is 184 Å². The minimum atomic E-state index is -0.0908. The first kappa shape index (κ1) is 29.5. The Balaban J connectivity index is 1.21. The van der Waals surface area contributed by atoms with Crippen molar-refractivity contribution in [2.45, 2.75) is 38.5 Å². The van der Waals surface area contributed by atoms with Crippen LogP contribution in [0.1, 0.15) is 49.9 Å². The highest BCUT2D eigenvalue weighted by Crippen LogP contribution is 2.55. The third-order valence-corrected chi connectivity index (χ3v) is 12.6. The molecule has 2 aliphatic rings. The van der Waals surface area contributed by atoms with Crippen LogP contribution in [0.3, 0.4) is 0 Å². The third-order valence-electron chi connectivity index (χ3n) is 11.5. The minimum absolute atomic E-state index is 0.0206. The molecule has 0 amide bonds. The van der Waals surface area contributed by atoms with Gasteiger partial charge in [0.15, 0.2) is 0 Å². The van der Waals surface area contributed by atoms with Crippen molar-refractivity contribution < 1.29 is 0 Å². The number of nitrogens with zero attached hydrogens (tertiary/aromatic N) is 1. The molecule has 0 fully saturated rings. The number of fused-ring (bicyclic) bond motifs is 10. The Labute approximate surface area is 298 Å². The number of hydrogen-bond acceptors (Lipinski definition) is 2. The maximum atomic E-state index is 2.48. The van der Waals surface area contributed by atoms with Crippen molar-refractivity contribution in [3.63, 3.8) is 0 Å². The topological polar surface area (TPSA) is 3.24 Å². The number of hydrogen-bond donors (Lipinski definition) is 0. The van der Waals surface area contributed by atoms with Crippen molar-refractivity contribution in [1.29, 1.82) is 0 Å². The predicted molar refractivity (Wildman–Crippen MR) is 215 cm³/mol. The molecule has 0 spiro atoms. The van der Waals surface area contributed by atoms with Gasteiger partial charge in [-0.15, -0.1) is 11.3 Å². The van der Waals surface area contributed by atoms with E-state index in [1.165, 1.54) is 87.2 Å². The van der Waals surface area contributed by atoms with E-state index < -0.39 is 0 Å². The minimum Gasteiger partial charge on any atom is -0.310 e. The van der Waals surface area contributed by atoms with Gasteiger partial charge in [0.25, 0.3) is 0 Å². The molecule has 1 heterocycles. The van der Waals surface area contributed by atoms with Gasteiger partial charge in [-0.3, -0.25) is 0 Å². The van der Waals surface area contributed by atoms with Crippen molar-refractivity contribution >= 4 is 48.6 Å². The number of para-hydroxylation sites is 1. The predicted octanol–water partition coefficient (Wildman–Crippen LogP) is 13.8. The fourth-order valence-corrected chi connectivity index (χ4v) is 10.1. The highest BCUT2D eigenvalue weighted by atomic mass is 32.1. The van der Waals surface area contributed by atoms with Crippen molar-refractivity contribution in [1.82, 2.24) is 0 Å². The van der Waals surface area contributed by atoms with Crippen LogP contribution >= 0.6 is 11.3 Å². The fourth-order valence-electron chi connectivity index (χ4n) is 8.98. The average Bonchev–Trinajstić information content (AvgIpc) is 3.72. The lowest BCUT2D eigenvalue weighted by atomic mass is 9.82. The lowest BCUT2D eigenvalue weighted by molar-refractivity contribution is 0.660. The van der Waals surface area contributed by atoms with E-state index in [4.69, 9.17) is 0 Å². The van der Waals surface area contributed by atoms with E-state index in [-0.39, 0.29) is 10.8 Å². The third kappa shape index (κ3) is 4.06. The van der Waals surface area contributed by atoms with Gasteiger partial charge in [-0.05, 0) is 86.5 Å². The molecular formula is C48H37NS. The molecule has 240 valence electrons. The van der Waals surface area contributed by atoms with E-state index in [1.807, 2.05) is 11.3 Å². The van der Waals surface area contributed by atoms with Crippen LogP contribution in [0.5, 0.6) is 0 Å². The summed E-state index contributed by atoms with van der Waals surface area (Å²) in [6.45, 7) is 9.47. The fraction of sp³-hybridized carbons (Fsp3) is 0.125. The monoisotopic (exact) mass is 659 g/mol. The molecule has 1 aromatic heterocycles. The maximum absolute atomic E-state index is 2.48. The summed E-state index contributed by atoms with van der Waals surface area (Å²) in [5, 5.41) is 2.72. The molecular weight excluding hydrogens is 623 g/mol. The molecule has 7 aromatic carbocycles. The van der Waals surface area contributed by atoms with E-state index in [1.54, 1.807) is 0 Å². The first-order valence-electron chi connectivity index (χ1n) is 17.6. The first-order valence-corrected chi connectivity index (χ1v) is 18.4. The van der Waals surface area contributed by atoms with Crippen LogP contribution in [0.25, 0.3) is 53.6 Å². The highest BCUT2D eigenvalue weighted by molar-refractivity contribution is 7.26. The summed E-state index contributed by atoms with van der Waals surface area (Å²) in [5.74, 6) is 0. The smallest absolute Gasteiger partial charge is 0.0540 e. The number of anilines is 3. The molecule has 0 N–H and O–H groups in total. The van der Waals surface area contributed by atoms with Gasteiger partial charge in [0.1, 0.15) is 0 Å². The van der Waals surface area contributed by atoms with Crippen LogP contribution in [-0.4, -0.2) is 0 Å². The van der Waals surface area contributed by atoms with Crippen LogP contribution in [0.4, 0.5) is 17.1 Å². The zero-order valence-corrected chi connectivity index (χ0v) is 29.6. The summed E-state index contributed by atoms with van der Waals surface area (Å²) in [5.41, 5.74) is 16.9. The van der Waals surface area contributed by atoms with E-state index in [0.717, 1.165) is 5.69 Å². The molecule has 0 unspecified atom stereocenters. The normalized spacial score (nSPS) is 14.7. The van der Waals surface area contributed by atoms with Gasteiger partial charge in [0.2, 0.25) is 0 Å². The molecule has 2 heteroatoms. The summed E-state index contributed by atoms with van der Waals surface area (Å²) in [6.07, 6.45) is 0. The standard InChI is InChI=1S/C48H37NS/c1-47(2)39-20-12-9-18-36(39)45-40(47)26-27-43-46(45)37-25-23-32(29-44(37)50-43)49(42-21-13-10-16-33(42)30-14-6-5-7-15-30)31-22-24-35-34-17-8-11-19-38(34)48(3,4)41(35)28-31/h5-29H,1-4H3.